The lowest BCUT2D eigenvalue weighted by Gasteiger charge is -2.09. The predicted molar refractivity (Wildman–Crippen MR) is 96.6 cm³/mol. The Balaban J connectivity index is 1.57. The maximum atomic E-state index is 12.6. The Hall–Kier alpha value is -2.11. The molecule has 0 bridgehead atoms. The molecule has 0 spiro atoms. The Kier molecular flexibility index (Phi) is 5.72. The highest BCUT2D eigenvalue weighted by molar-refractivity contribution is 7.99. The monoisotopic (exact) mass is 434 g/mol. The Morgan fingerprint density at radius 3 is 2.81 bits per heavy atom. The van der Waals surface area contributed by atoms with Gasteiger partial charge in [-0.2, -0.15) is 13.2 Å². The molecule has 1 N–H and O–H groups in total. The van der Waals surface area contributed by atoms with E-state index in [1.807, 2.05) is 0 Å². The number of amides is 1. The zero-order valence-electron chi connectivity index (χ0n) is 13.3. The van der Waals surface area contributed by atoms with Gasteiger partial charge in [0.15, 0.2) is 4.96 Å². The van der Waals surface area contributed by atoms with Crippen LogP contribution in [0.5, 0.6) is 0 Å². The molecule has 12 heteroatoms. The molecule has 27 heavy (non-hydrogen) atoms. The van der Waals surface area contributed by atoms with Crippen molar-refractivity contribution in [1.82, 2.24) is 19.7 Å². The molecule has 1 amide bonds. The summed E-state index contributed by atoms with van der Waals surface area (Å²) in [7, 11) is 0. The minimum atomic E-state index is -4.51. The fourth-order valence-electron chi connectivity index (χ4n) is 2.07. The summed E-state index contributed by atoms with van der Waals surface area (Å²) in [5.74, 6) is -0.278. The summed E-state index contributed by atoms with van der Waals surface area (Å²) in [6, 6.07) is 0.804. The normalized spacial score (nSPS) is 11.7. The second-order valence-electron chi connectivity index (χ2n) is 5.15. The van der Waals surface area contributed by atoms with Crippen LogP contribution in [0.1, 0.15) is 15.9 Å². The fourth-order valence-corrected chi connectivity index (χ4v) is 3.80. The summed E-state index contributed by atoms with van der Waals surface area (Å²) in [5, 5.41) is 4.35. The summed E-state index contributed by atoms with van der Waals surface area (Å²) < 4.78 is 39.0. The highest BCUT2D eigenvalue weighted by Gasteiger charge is 2.31. The van der Waals surface area contributed by atoms with Crippen LogP contribution in [0.2, 0.25) is 5.02 Å². The standard InChI is InChI=1S/C15H10ClF3N4O2S2/c16-10-5-8(15(17,18)19)6-21-12(10)26-3-1-20-11(24)9-7-22-14-23(13(9)25)2-4-27-14/h2,4-7H,1,3H2,(H,20,24). The van der Waals surface area contributed by atoms with Crippen LogP contribution >= 0.6 is 34.7 Å². The van der Waals surface area contributed by atoms with Crippen LogP contribution in [0.3, 0.4) is 0 Å². The van der Waals surface area contributed by atoms with E-state index in [1.165, 1.54) is 28.1 Å². The van der Waals surface area contributed by atoms with Crippen molar-refractivity contribution in [2.45, 2.75) is 11.2 Å². The average Bonchev–Trinajstić information content (AvgIpc) is 3.08. The van der Waals surface area contributed by atoms with E-state index in [1.54, 1.807) is 5.38 Å². The van der Waals surface area contributed by atoms with Crippen LogP contribution in [-0.4, -0.2) is 32.6 Å². The summed E-state index contributed by atoms with van der Waals surface area (Å²) in [6.45, 7) is 0.161. The molecule has 3 aromatic rings. The van der Waals surface area contributed by atoms with Crippen molar-refractivity contribution >= 4 is 45.6 Å². The van der Waals surface area contributed by atoms with Crippen LogP contribution < -0.4 is 10.9 Å². The van der Waals surface area contributed by atoms with Gasteiger partial charge >= 0.3 is 6.18 Å². The molecule has 3 rings (SSSR count). The number of nitrogens with one attached hydrogen (secondary N) is 1. The highest BCUT2D eigenvalue weighted by atomic mass is 35.5. The van der Waals surface area contributed by atoms with Gasteiger partial charge in [0, 0.05) is 36.3 Å². The lowest BCUT2D eigenvalue weighted by atomic mass is 10.3. The van der Waals surface area contributed by atoms with E-state index in [4.69, 9.17) is 11.6 Å². The Labute approximate surface area is 163 Å². The van der Waals surface area contributed by atoms with E-state index in [0.717, 1.165) is 17.8 Å². The lowest BCUT2D eigenvalue weighted by molar-refractivity contribution is -0.137. The number of pyridine rings is 1. The Morgan fingerprint density at radius 2 is 2.11 bits per heavy atom. The molecule has 0 aliphatic heterocycles. The van der Waals surface area contributed by atoms with Crippen LogP contribution in [0.15, 0.2) is 39.9 Å². The van der Waals surface area contributed by atoms with Gasteiger partial charge < -0.3 is 5.32 Å². The zero-order chi connectivity index (χ0) is 19.6. The number of rotatable bonds is 5. The van der Waals surface area contributed by atoms with Crippen molar-refractivity contribution in [2.24, 2.45) is 0 Å². The molecule has 0 aliphatic carbocycles. The number of aromatic nitrogens is 3. The van der Waals surface area contributed by atoms with Gasteiger partial charge in [-0.1, -0.05) is 11.6 Å². The van der Waals surface area contributed by atoms with Gasteiger partial charge in [-0.25, -0.2) is 9.97 Å². The molecule has 3 heterocycles. The van der Waals surface area contributed by atoms with Gasteiger partial charge in [0.2, 0.25) is 0 Å². The fraction of sp³-hybridized carbons (Fsp3) is 0.200. The van der Waals surface area contributed by atoms with Crippen LogP contribution in [0, 0.1) is 0 Å². The van der Waals surface area contributed by atoms with Crippen LogP contribution in [0.4, 0.5) is 13.2 Å². The highest BCUT2D eigenvalue weighted by Crippen LogP contribution is 2.33. The van der Waals surface area contributed by atoms with E-state index in [-0.39, 0.29) is 22.2 Å². The summed E-state index contributed by atoms with van der Waals surface area (Å²) in [4.78, 5) is 32.5. The third-order valence-corrected chi connectivity index (χ3v) is 5.53. The van der Waals surface area contributed by atoms with Crippen LogP contribution in [-0.2, 0) is 6.18 Å². The number of hydrogen-bond donors (Lipinski definition) is 1. The van der Waals surface area contributed by atoms with Crippen LogP contribution in [0.25, 0.3) is 4.96 Å². The van der Waals surface area contributed by atoms with Crippen molar-refractivity contribution in [2.75, 3.05) is 12.3 Å². The van der Waals surface area contributed by atoms with E-state index in [2.05, 4.69) is 15.3 Å². The van der Waals surface area contributed by atoms with E-state index < -0.39 is 23.2 Å². The van der Waals surface area contributed by atoms with Gasteiger partial charge in [-0.15, -0.1) is 23.1 Å². The number of carbonyl (C=O) groups excluding carboxylic acids is 1. The number of carbonyl (C=O) groups is 1. The molecule has 0 saturated heterocycles. The minimum Gasteiger partial charge on any atom is -0.351 e. The maximum Gasteiger partial charge on any atom is 0.417 e. The van der Waals surface area contributed by atoms with Gasteiger partial charge in [-0.3, -0.25) is 14.0 Å². The molecule has 0 fully saturated rings. The Bertz CT molecular complexity index is 1050. The number of nitrogens with zero attached hydrogens (tertiary/aromatic N) is 3. The third kappa shape index (κ3) is 4.42. The minimum absolute atomic E-state index is 0.0958. The van der Waals surface area contributed by atoms with Crippen molar-refractivity contribution < 1.29 is 18.0 Å². The molecule has 0 radical (unpaired) electrons. The molecule has 0 atom stereocenters. The molecular formula is C15H10ClF3N4O2S2. The molecule has 6 nitrogen and oxygen atoms in total. The average molecular weight is 435 g/mol. The van der Waals surface area contributed by atoms with Gasteiger partial charge in [0.1, 0.15) is 10.6 Å². The molecular weight excluding hydrogens is 425 g/mol. The summed E-state index contributed by atoms with van der Waals surface area (Å²) >= 11 is 8.18. The van der Waals surface area contributed by atoms with E-state index in [9.17, 15) is 22.8 Å². The first-order valence-corrected chi connectivity index (χ1v) is 9.60. The van der Waals surface area contributed by atoms with Crippen molar-refractivity contribution in [3.8, 4) is 0 Å². The summed E-state index contributed by atoms with van der Waals surface area (Å²) in [5.41, 5.74) is -1.50. The largest absolute Gasteiger partial charge is 0.417 e. The number of hydrogen-bond acceptors (Lipinski definition) is 6. The predicted octanol–water partition coefficient (Wildman–Crippen LogP) is 3.35. The second kappa shape index (κ2) is 7.87. The molecule has 0 unspecified atom stereocenters. The molecule has 3 aromatic heterocycles. The lowest BCUT2D eigenvalue weighted by Crippen LogP contribution is -2.32. The molecule has 0 aliphatic rings. The maximum absolute atomic E-state index is 12.6. The van der Waals surface area contributed by atoms with Crippen molar-refractivity contribution in [1.29, 1.82) is 0 Å². The Morgan fingerprint density at radius 1 is 1.33 bits per heavy atom. The smallest absolute Gasteiger partial charge is 0.351 e. The first-order chi connectivity index (χ1) is 12.8. The number of alkyl halides is 3. The zero-order valence-corrected chi connectivity index (χ0v) is 15.7. The van der Waals surface area contributed by atoms with E-state index in [0.29, 0.717) is 16.9 Å². The van der Waals surface area contributed by atoms with Gasteiger partial charge in [0.05, 0.1) is 10.6 Å². The van der Waals surface area contributed by atoms with Crippen molar-refractivity contribution in [3.63, 3.8) is 0 Å². The quantitative estimate of drug-likeness (QED) is 0.492. The SMILES string of the molecule is O=C(NCCSc1ncc(C(F)(F)F)cc1Cl)c1cnc2sccn2c1=O. The summed E-state index contributed by atoms with van der Waals surface area (Å²) in [6.07, 6.45) is -1.07. The number of thiazole rings is 1. The third-order valence-electron chi connectivity index (χ3n) is 3.35. The first kappa shape index (κ1) is 19.6. The van der Waals surface area contributed by atoms with Gasteiger partial charge in [0.25, 0.3) is 11.5 Å². The number of fused-ring (bicyclic) bond motifs is 1. The molecule has 0 aromatic carbocycles. The van der Waals surface area contributed by atoms with Gasteiger partial charge in [-0.05, 0) is 6.07 Å². The second-order valence-corrected chi connectivity index (χ2v) is 7.51. The molecule has 0 saturated carbocycles. The van der Waals surface area contributed by atoms with Crippen molar-refractivity contribution in [3.05, 3.63) is 56.5 Å². The number of thioether (sulfide) groups is 1. The topological polar surface area (TPSA) is 76.4 Å². The van der Waals surface area contributed by atoms with E-state index >= 15 is 0 Å². The number of halogens is 4. The molecule has 142 valence electrons. The first-order valence-electron chi connectivity index (χ1n) is 7.36.